The molecule has 1 fully saturated rings. The summed E-state index contributed by atoms with van der Waals surface area (Å²) in [7, 11) is 0. The highest BCUT2D eigenvalue weighted by Gasteiger charge is 2.16. The zero-order valence-electron chi connectivity index (χ0n) is 14.3. The van der Waals surface area contributed by atoms with Crippen LogP contribution in [0.2, 0.25) is 0 Å². The van der Waals surface area contributed by atoms with Crippen LogP contribution < -0.4 is 10.2 Å². The molecule has 1 aliphatic rings. The fourth-order valence-corrected chi connectivity index (χ4v) is 4.65. The summed E-state index contributed by atoms with van der Waals surface area (Å²) in [5.41, 5.74) is 4.34. The predicted molar refractivity (Wildman–Crippen MR) is 105 cm³/mol. The number of morpholine rings is 1. The first-order valence-electron chi connectivity index (χ1n) is 8.29. The van der Waals surface area contributed by atoms with Crippen molar-refractivity contribution in [1.29, 1.82) is 0 Å². The Morgan fingerprint density at radius 1 is 1.12 bits per heavy atom. The summed E-state index contributed by atoms with van der Waals surface area (Å²) in [6.45, 7) is 7.46. The maximum absolute atomic E-state index is 5.47. The third kappa shape index (κ3) is 3.53. The van der Waals surface area contributed by atoms with Crippen molar-refractivity contribution in [2.45, 2.75) is 13.8 Å². The van der Waals surface area contributed by atoms with Crippen molar-refractivity contribution >= 4 is 39.2 Å². The van der Waals surface area contributed by atoms with Crippen LogP contribution in [0.5, 0.6) is 0 Å². The van der Waals surface area contributed by atoms with Gasteiger partial charge in [0.05, 0.1) is 45.9 Å². The molecule has 0 amide bonds. The average Bonchev–Trinajstić information content (AvgIpc) is 3.22. The number of hydrogen-bond acceptors (Lipinski definition) is 7. The van der Waals surface area contributed by atoms with E-state index in [2.05, 4.69) is 44.8 Å². The van der Waals surface area contributed by atoms with Gasteiger partial charge in [0, 0.05) is 18.5 Å². The molecule has 0 unspecified atom stereocenters. The number of nitrogens with zero attached hydrogens (tertiary/aromatic N) is 3. The molecule has 0 aliphatic carbocycles. The van der Waals surface area contributed by atoms with Crippen LogP contribution in [0.15, 0.2) is 29.6 Å². The van der Waals surface area contributed by atoms with Crippen molar-refractivity contribution in [3.63, 3.8) is 0 Å². The van der Waals surface area contributed by atoms with Crippen molar-refractivity contribution in [2.75, 3.05) is 36.5 Å². The molecule has 0 bridgehead atoms. The van der Waals surface area contributed by atoms with Crippen molar-refractivity contribution < 1.29 is 4.74 Å². The Balaban J connectivity index is 1.58. The number of nitrogens with one attached hydrogen (secondary N) is 1. The van der Waals surface area contributed by atoms with E-state index in [-0.39, 0.29) is 0 Å². The first kappa shape index (κ1) is 16.5. The van der Waals surface area contributed by atoms with Gasteiger partial charge in [-0.05, 0) is 26.0 Å². The van der Waals surface area contributed by atoms with E-state index < -0.39 is 0 Å². The van der Waals surface area contributed by atoms with Crippen LogP contribution >= 0.6 is 22.7 Å². The van der Waals surface area contributed by atoms with Crippen LogP contribution in [0, 0.1) is 13.8 Å². The first-order chi connectivity index (χ1) is 12.2. The van der Waals surface area contributed by atoms with Gasteiger partial charge in [-0.1, -0.05) is 12.1 Å². The molecule has 0 atom stereocenters. The Hall–Kier alpha value is -1.96. The molecule has 0 radical (unpaired) electrons. The molecule has 7 heteroatoms. The molecule has 3 aromatic rings. The average molecular weight is 373 g/mol. The molecule has 1 aliphatic heterocycles. The molecule has 0 spiro atoms. The lowest BCUT2D eigenvalue weighted by molar-refractivity contribution is 0.123. The van der Waals surface area contributed by atoms with E-state index >= 15 is 0 Å². The van der Waals surface area contributed by atoms with E-state index in [0.29, 0.717) is 0 Å². The Bertz CT molecular complexity index is 868. The molecular formula is C18H20N4OS2. The third-order valence-electron chi connectivity index (χ3n) is 4.14. The van der Waals surface area contributed by atoms with Gasteiger partial charge in [0.1, 0.15) is 0 Å². The second kappa shape index (κ2) is 7.11. The molecule has 3 heterocycles. The summed E-state index contributed by atoms with van der Waals surface area (Å²) in [4.78, 5) is 12.8. The van der Waals surface area contributed by atoms with Gasteiger partial charge in [-0.3, -0.25) is 0 Å². The molecule has 25 heavy (non-hydrogen) atoms. The minimum atomic E-state index is 0.778. The number of benzene rings is 1. The monoisotopic (exact) mass is 372 g/mol. The number of para-hydroxylation sites is 2. The van der Waals surface area contributed by atoms with E-state index in [1.165, 1.54) is 5.69 Å². The van der Waals surface area contributed by atoms with Gasteiger partial charge in [-0.2, -0.15) is 0 Å². The van der Waals surface area contributed by atoms with Crippen LogP contribution in [-0.4, -0.2) is 36.3 Å². The minimum Gasteiger partial charge on any atom is -0.378 e. The van der Waals surface area contributed by atoms with Gasteiger partial charge in [-0.15, -0.1) is 22.7 Å². The maximum Gasteiger partial charge on any atom is 0.187 e. The van der Waals surface area contributed by atoms with Crippen molar-refractivity contribution in [2.24, 2.45) is 0 Å². The number of hydrogen-bond donors (Lipinski definition) is 1. The van der Waals surface area contributed by atoms with Crippen LogP contribution in [-0.2, 0) is 4.74 Å². The van der Waals surface area contributed by atoms with E-state index in [0.717, 1.165) is 58.4 Å². The summed E-state index contributed by atoms with van der Waals surface area (Å²) >= 11 is 3.32. The molecule has 2 aromatic heterocycles. The van der Waals surface area contributed by atoms with Crippen molar-refractivity contribution in [1.82, 2.24) is 9.97 Å². The number of aromatic nitrogens is 2. The van der Waals surface area contributed by atoms with Crippen LogP contribution in [0.25, 0.3) is 10.6 Å². The van der Waals surface area contributed by atoms with Gasteiger partial charge in [0.15, 0.2) is 5.13 Å². The highest BCUT2D eigenvalue weighted by Crippen LogP contribution is 2.35. The molecule has 0 saturated carbocycles. The largest absolute Gasteiger partial charge is 0.378 e. The topological polar surface area (TPSA) is 50.3 Å². The predicted octanol–water partition coefficient (Wildman–Crippen LogP) is 4.46. The minimum absolute atomic E-state index is 0.778. The summed E-state index contributed by atoms with van der Waals surface area (Å²) in [5, 5.41) is 7.57. The molecule has 4 rings (SSSR count). The van der Waals surface area contributed by atoms with Crippen LogP contribution in [0.4, 0.5) is 16.5 Å². The van der Waals surface area contributed by atoms with Crippen molar-refractivity contribution in [3.8, 4) is 10.6 Å². The normalized spacial score (nSPS) is 14.7. The molecule has 1 N–H and O–H groups in total. The summed E-state index contributed by atoms with van der Waals surface area (Å²) in [6, 6.07) is 8.39. The SMILES string of the molecule is Cc1nc(C)c(-c2csc(Nc3ccccc3N3CCOCC3)n2)s1. The van der Waals surface area contributed by atoms with E-state index in [1.807, 2.05) is 13.8 Å². The fourth-order valence-electron chi connectivity index (χ4n) is 2.98. The van der Waals surface area contributed by atoms with Gasteiger partial charge in [-0.25, -0.2) is 9.97 Å². The second-order valence-corrected chi connectivity index (χ2v) is 7.99. The van der Waals surface area contributed by atoms with Crippen molar-refractivity contribution in [3.05, 3.63) is 40.3 Å². The standard InChI is InChI=1S/C18H20N4OS2/c1-12-17(25-13(2)19-12)15-11-24-18(21-15)20-14-5-3-4-6-16(14)22-7-9-23-10-8-22/h3-6,11H,7-10H2,1-2H3,(H,20,21). The molecule has 1 saturated heterocycles. The molecule has 5 nitrogen and oxygen atoms in total. The van der Waals surface area contributed by atoms with Crippen LogP contribution in [0.3, 0.4) is 0 Å². The zero-order valence-corrected chi connectivity index (χ0v) is 15.9. The Morgan fingerprint density at radius 2 is 1.92 bits per heavy atom. The fraction of sp³-hybridized carbons (Fsp3) is 0.333. The van der Waals surface area contributed by atoms with E-state index in [4.69, 9.17) is 9.72 Å². The smallest absolute Gasteiger partial charge is 0.187 e. The summed E-state index contributed by atoms with van der Waals surface area (Å²) in [5.74, 6) is 0. The summed E-state index contributed by atoms with van der Waals surface area (Å²) in [6.07, 6.45) is 0. The lowest BCUT2D eigenvalue weighted by Gasteiger charge is -2.30. The zero-order chi connectivity index (χ0) is 17.2. The van der Waals surface area contributed by atoms with Gasteiger partial charge in [0.2, 0.25) is 0 Å². The first-order valence-corrected chi connectivity index (χ1v) is 9.99. The number of thiazole rings is 2. The lowest BCUT2D eigenvalue weighted by atomic mass is 10.2. The third-order valence-corrected chi connectivity index (χ3v) is 5.99. The summed E-state index contributed by atoms with van der Waals surface area (Å²) < 4.78 is 5.47. The second-order valence-electron chi connectivity index (χ2n) is 5.93. The van der Waals surface area contributed by atoms with Crippen LogP contribution in [0.1, 0.15) is 10.7 Å². The molecule has 1 aromatic carbocycles. The Morgan fingerprint density at radius 3 is 2.68 bits per heavy atom. The Labute approximate surface area is 155 Å². The van der Waals surface area contributed by atoms with Gasteiger partial charge in [0.25, 0.3) is 0 Å². The highest BCUT2D eigenvalue weighted by atomic mass is 32.1. The quantitative estimate of drug-likeness (QED) is 0.732. The lowest BCUT2D eigenvalue weighted by Crippen LogP contribution is -2.36. The highest BCUT2D eigenvalue weighted by molar-refractivity contribution is 7.16. The van der Waals surface area contributed by atoms with E-state index in [1.54, 1.807) is 22.7 Å². The van der Waals surface area contributed by atoms with Gasteiger partial charge >= 0.3 is 0 Å². The molecular weight excluding hydrogens is 352 g/mol. The van der Waals surface area contributed by atoms with Gasteiger partial charge < -0.3 is 15.0 Å². The maximum atomic E-state index is 5.47. The number of rotatable bonds is 4. The van der Waals surface area contributed by atoms with E-state index in [9.17, 15) is 0 Å². The molecule has 130 valence electrons. The number of anilines is 3. The Kier molecular flexibility index (Phi) is 4.70. The number of aryl methyl sites for hydroxylation is 2. The number of ether oxygens (including phenoxy) is 1.